The molecule has 0 saturated heterocycles. The molecule has 0 aromatic carbocycles. The first kappa shape index (κ1) is 11.0. The van der Waals surface area contributed by atoms with Crippen LogP contribution in [0.15, 0.2) is 0 Å². The molecule has 0 atom stereocenters. The summed E-state index contributed by atoms with van der Waals surface area (Å²) in [6.45, 7) is 2.60. The molecule has 7 heteroatoms. The van der Waals surface area contributed by atoms with Crippen molar-refractivity contribution in [1.29, 1.82) is 0 Å². The van der Waals surface area contributed by atoms with Crippen molar-refractivity contribution in [2.75, 3.05) is 25.1 Å². The second-order valence-electron chi connectivity index (χ2n) is 2.52. The van der Waals surface area contributed by atoms with E-state index in [1.165, 1.54) is 11.3 Å². The largest absolute Gasteiger partial charge is 0.370 e. The number of carbonyl (C=O) groups is 1. The van der Waals surface area contributed by atoms with Gasteiger partial charge < -0.3 is 10.5 Å². The van der Waals surface area contributed by atoms with Gasteiger partial charge in [0.1, 0.15) is 11.6 Å². The van der Waals surface area contributed by atoms with E-state index in [9.17, 15) is 4.79 Å². The molecule has 0 aliphatic rings. The normalized spacial score (nSPS) is 10.1. The second kappa shape index (κ2) is 5.63. The van der Waals surface area contributed by atoms with Gasteiger partial charge in [-0.3, -0.25) is 10.1 Å². The highest BCUT2D eigenvalue weighted by Crippen LogP contribution is 2.12. The van der Waals surface area contributed by atoms with Crippen LogP contribution in [0.4, 0.5) is 5.13 Å². The molecule has 1 heterocycles. The third-order valence-electron chi connectivity index (χ3n) is 1.27. The summed E-state index contributed by atoms with van der Waals surface area (Å²) in [5.74, 6) is -0.241. The summed E-state index contributed by atoms with van der Waals surface area (Å²) < 4.78 is 4.94. The summed E-state index contributed by atoms with van der Waals surface area (Å²) in [4.78, 5) is 11.2. The summed E-state index contributed by atoms with van der Waals surface area (Å²) >= 11 is 1.32. The van der Waals surface area contributed by atoms with Gasteiger partial charge in [0.05, 0.1) is 6.61 Å². The van der Waals surface area contributed by atoms with Crippen LogP contribution in [0.3, 0.4) is 0 Å². The zero-order chi connectivity index (χ0) is 10.4. The number of nitrogens with zero attached hydrogens (tertiary/aromatic N) is 2. The molecule has 14 heavy (non-hydrogen) atoms. The zero-order valence-electron chi connectivity index (χ0n) is 7.82. The van der Waals surface area contributed by atoms with Gasteiger partial charge in [-0.05, 0) is 6.92 Å². The zero-order valence-corrected chi connectivity index (χ0v) is 8.63. The third-order valence-corrected chi connectivity index (χ3v) is 2.02. The van der Waals surface area contributed by atoms with E-state index in [0.717, 1.165) is 5.01 Å². The highest BCUT2D eigenvalue weighted by molar-refractivity contribution is 7.15. The van der Waals surface area contributed by atoms with Gasteiger partial charge in [0, 0.05) is 6.54 Å². The van der Waals surface area contributed by atoms with Crippen molar-refractivity contribution in [3.63, 3.8) is 0 Å². The maximum Gasteiger partial charge on any atom is 0.252 e. The lowest BCUT2D eigenvalue weighted by atomic mass is 10.6. The van der Waals surface area contributed by atoms with Crippen LogP contribution in [0.2, 0.25) is 0 Å². The predicted molar refractivity (Wildman–Crippen MR) is 53.1 cm³/mol. The maximum absolute atomic E-state index is 11.2. The number of amides is 1. The van der Waals surface area contributed by atoms with Gasteiger partial charge in [0.2, 0.25) is 5.13 Å². The average Bonchev–Trinajstić information content (AvgIpc) is 2.52. The number of hydrogen-bond donors (Lipinski definition) is 2. The highest BCUT2D eigenvalue weighted by atomic mass is 32.1. The Hall–Kier alpha value is -1.05. The quantitative estimate of drug-likeness (QED) is 0.663. The van der Waals surface area contributed by atoms with Gasteiger partial charge in [-0.25, -0.2) is 0 Å². The predicted octanol–water partition coefficient (Wildman–Crippen LogP) is -0.240. The molecule has 6 nitrogen and oxygen atoms in total. The molecular formula is C7H12N4O2S. The van der Waals surface area contributed by atoms with Gasteiger partial charge in [0.15, 0.2) is 0 Å². The van der Waals surface area contributed by atoms with Crippen LogP contribution in [0.25, 0.3) is 0 Å². The number of nitrogens with two attached hydrogens (primary N) is 1. The first-order valence-electron chi connectivity index (χ1n) is 4.10. The lowest BCUT2D eigenvalue weighted by Gasteiger charge is -2.01. The first-order valence-corrected chi connectivity index (χ1v) is 4.92. The lowest BCUT2D eigenvalue weighted by Crippen LogP contribution is -2.20. The van der Waals surface area contributed by atoms with E-state index in [0.29, 0.717) is 18.3 Å². The molecule has 1 aromatic heterocycles. The SMILES string of the molecule is Cc1nnc(NC(=O)COCCN)s1. The fraction of sp³-hybridized carbons (Fsp3) is 0.571. The third kappa shape index (κ3) is 3.77. The molecule has 0 unspecified atom stereocenters. The molecule has 1 aromatic rings. The molecule has 0 radical (unpaired) electrons. The van der Waals surface area contributed by atoms with Crippen molar-refractivity contribution in [1.82, 2.24) is 10.2 Å². The number of hydrogen-bond acceptors (Lipinski definition) is 6. The van der Waals surface area contributed by atoms with Crippen molar-refractivity contribution in [3.8, 4) is 0 Å². The van der Waals surface area contributed by atoms with Gasteiger partial charge >= 0.3 is 0 Å². The minimum atomic E-state index is -0.241. The lowest BCUT2D eigenvalue weighted by molar-refractivity contribution is -0.120. The van der Waals surface area contributed by atoms with Gasteiger partial charge in [-0.1, -0.05) is 11.3 Å². The Kier molecular flexibility index (Phi) is 4.44. The van der Waals surface area contributed by atoms with Crippen LogP contribution < -0.4 is 11.1 Å². The van der Waals surface area contributed by atoms with E-state index in [1.54, 1.807) is 0 Å². The number of aromatic nitrogens is 2. The van der Waals surface area contributed by atoms with Crippen LogP contribution >= 0.6 is 11.3 Å². The molecule has 3 N–H and O–H groups in total. The van der Waals surface area contributed by atoms with Gasteiger partial charge in [0.25, 0.3) is 5.91 Å². The van der Waals surface area contributed by atoms with Crippen molar-refractivity contribution in [2.24, 2.45) is 5.73 Å². The summed E-state index contributed by atoms with van der Waals surface area (Å²) in [7, 11) is 0. The van der Waals surface area contributed by atoms with Crippen LogP contribution in [-0.2, 0) is 9.53 Å². The minimum absolute atomic E-state index is 0.00414. The summed E-state index contributed by atoms with van der Waals surface area (Å²) in [5.41, 5.74) is 5.19. The van der Waals surface area contributed by atoms with E-state index in [-0.39, 0.29) is 12.5 Å². The van der Waals surface area contributed by atoms with Crippen LogP contribution in [-0.4, -0.2) is 35.9 Å². The molecule has 1 amide bonds. The van der Waals surface area contributed by atoms with Crippen molar-refractivity contribution < 1.29 is 9.53 Å². The van der Waals surface area contributed by atoms with Crippen molar-refractivity contribution in [2.45, 2.75) is 6.92 Å². The Morgan fingerprint density at radius 2 is 2.43 bits per heavy atom. The smallest absolute Gasteiger partial charge is 0.252 e. The maximum atomic E-state index is 11.2. The van der Waals surface area contributed by atoms with Crippen LogP contribution in [0, 0.1) is 6.92 Å². The Bertz CT molecular complexity index is 302. The second-order valence-corrected chi connectivity index (χ2v) is 3.70. The standard InChI is InChI=1S/C7H12N4O2S/c1-5-10-11-7(14-5)9-6(12)4-13-3-2-8/h2-4,8H2,1H3,(H,9,11,12). The van der Waals surface area contributed by atoms with Crippen LogP contribution in [0.5, 0.6) is 0 Å². The Morgan fingerprint density at radius 3 is 3.00 bits per heavy atom. The van der Waals surface area contributed by atoms with E-state index in [4.69, 9.17) is 10.5 Å². The fourth-order valence-corrected chi connectivity index (χ4v) is 1.36. The fourth-order valence-electron chi connectivity index (χ4n) is 0.751. The van der Waals surface area contributed by atoms with E-state index < -0.39 is 0 Å². The molecule has 0 saturated carbocycles. The Balaban J connectivity index is 2.27. The van der Waals surface area contributed by atoms with Crippen molar-refractivity contribution in [3.05, 3.63) is 5.01 Å². The number of anilines is 1. The monoisotopic (exact) mass is 216 g/mol. The van der Waals surface area contributed by atoms with E-state index in [1.807, 2.05) is 6.92 Å². The summed E-state index contributed by atoms with van der Waals surface area (Å²) in [5, 5.41) is 11.4. The summed E-state index contributed by atoms with van der Waals surface area (Å²) in [6, 6.07) is 0. The molecule has 0 spiro atoms. The summed E-state index contributed by atoms with van der Waals surface area (Å²) in [6.07, 6.45) is 0. The molecule has 0 aliphatic heterocycles. The van der Waals surface area contributed by atoms with Gasteiger partial charge in [-0.2, -0.15) is 0 Å². The highest BCUT2D eigenvalue weighted by Gasteiger charge is 2.05. The molecule has 0 aliphatic carbocycles. The van der Waals surface area contributed by atoms with E-state index in [2.05, 4.69) is 15.5 Å². The number of rotatable bonds is 5. The molecule has 0 fully saturated rings. The number of aryl methyl sites for hydroxylation is 1. The number of nitrogens with one attached hydrogen (secondary N) is 1. The van der Waals surface area contributed by atoms with Crippen LogP contribution in [0.1, 0.15) is 5.01 Å². The topological polar surface area (TPSA) is 90.1 Å². The van der Waals surface area contributed by atoms with Crippen molar-refractivity contribution >= 4 is 22.4 Å². The minimum Gasteiger partial charge on any atom is -0.370 e. The van der Waals surface area contributed by atoms with Gasteiger partial charge in [-0.15, -0.1) is 10.2 Å². The molecule has 78 valence electrons. The Morgan fingerprint density at radius 1 is 1.64 bits per heavy atom. The molecule has 0 bridgehead atoms. The molecule has 1 rings (SSSR count). The average molecular weight is 216 g/mol. The number of ether oxygens (including phenoxy) is 1. The molecular weight excluding hydrogens is 204 g/mol. The Labute approximate surface area is 85.5 Å². The first-order chi connectivity index (χ1) is 6.72. The van der Waals surface area contributed by atoms with E-state index >= 15 is 0 Å². The number of carbonyl (C=O) groups excluding carboxylic acids is 1.